The highest BCUT2D eigenvalue weighted by Crippen LogP contribution is 2.59. The van der Waals surface area contributed by atoms with Gasteiger partial charge in [-0.15, -0.1) is 23.5 Å². The Morgan fingerprint density at radius 2 is 1.05 bits per heavy atom. The number of hydrogen-bond acceptors (Lipinski definition) is 14. The molecule has 0 spiro atoms. The third-order valence-electron chi connectivity index (χ3n) is 10.7. The number of nitrogens with one attached hydrogen (secondary N) is 1. The Morgan fingerprint density at radius 1 is 0.603 bits per heavy atom. The van der Waals surface area contributed by atoms with E-state index in [1.54, 1.807) is 17.8 Å². The number of non-ortho nitro benzene ring substituents is 2. The Morgan fingerprint density at radius 3 is 1.46 bits per heavy atom. The van der Waals surface area contributed by atoms with Crippen molar-refractivity contribution in [3.8, 4) is 11.1 Å². The summed E-state index contributed by atoms with van der Waals surface area (Å²) in [6.45, 7) is 4.44. The van der Waals surface area contributed by atoms with Crippen molar-refractivity contribution in [3.05, 3.63) is 155 Å². The van der Waals surface area contributed by atoms with Crippen molar-refractivity contribution in [2.75, 3.05) is 11.5 Å². The first-order valence-corrected chi connectivity index (χ1v) is 25.0. The van der Waals surface area contributed by atoms with E-state index in [2.05, 4.69) is 55.2 Å². The zero-order valence-electron chi connectivity index (χ0n) is 33.3. The molecule has 19 heteroatoms. The van der Waals surface area contributed by atoms with Crippen molar-refractivity contribution in [2.45, 2.75) is 49.3 Å². The van der Waals surface area contributed by atoms with E-state index in [4.69, 9.17) is 0 Å². The number of thioether (sulfide) groups is 6. The predicted molar refractivity (Wildman–Crippen MR) is 262 cm³/mol. The lowest BCUT2D eigenvalue weighted by molar-refractivity contribution is -0.395. The number of aromatic amines is 1. The second kappa shape index (κ2) is 17.8. The second-order valence-corrected chi connectivity index (χ2v) is 21.9. The molecule has 63 heavy (non-hydrogen) atoms. The second-order valence-electron chi connectivity index (χ2n) is 14.6. The Hall–Kier alpha value is -5.18. The first-order chi connectivity index (χ1) is 30.5. The number of rotatable bonds is 13. The summed E-state index contributed by atoms with van der Waals surface area (Å²) < 4.78 is 5.03. The molecule has 0 fully saturated rings. The van der Waals surface area contributed by atoms with E-state index in [1.807, 2.05) is 65.4 Å². The van der Waals surface area contributed by atoms with E-state index >= 15 is 0 Å². The van der Waals surface area contributed by atoms with Gasteiger partial charge in [0.05, 0.1) is 70.5 Å². The number of nitro benzene ring substituents is 4. The van der Waals surface area contributed by atoms with Crippen molar-refractivity contribution >= 4 is 135 Å². The van der Waals surface area contributed by atoms with Crippen molar-refractivity contribution in [3.63, 3.8) is 0 Å². The molecule has 5 aromatic carbocycles. The molecule has 0 amide bonds. The van der Waals surface area contributed by atoms with E-state index in [0.717, 1.165) is 102 Å². The van der Waals surface area contributed by atoms with Gasteiger partial charge in [-0.05, 0) is 57.5 Å². The predicted octanol–water partition coefficient (Wildman–Crippen LogP) is 13.2. The molecule has 9 rings (SSSR count). The van der Waals surface area contributed by atoms with Gasteiger partial charge in [-0.3, -0.25) is 40.5 Å². The lowest BCUT2D eigenvalue weighted by Gasteiger charge is -2.11. The van der Waals surface area contributed by atoms with Gasteiger partial charge in [0, 0.05) is 44.8 Å². The standard InChI is InChI=1S/C44H33N5O8S6/c1-3-5-15-58-43-44(59-16-6-4-2)63-42(62-43)37-27-13-9-7-11-25(27)36(26-12-8-10-14-28(26)37)41-60-35-22-45-32(40(35)61-41)21-29-30-17-23(46(50)51)19-33(48(54)55)38(30)39-31(29)18-24(47(52)53)20-34(39)49(56)57/h7-14,17-22,45H,3-6,15-16H2,1-2H3. The normalized spacial score (nSPS) is 14.2. The summed E-state index contributed by atoms with van der Waals surface area (Å²) in [4.78, 5) is 50.7. The van der Waals surface area contributed by atoms with E-state index in [-0.39, 0.29) is 27.8 Å². The lowest BCUT2D eigenvalue weighted by Crippen LogP contribution is -2.16. The van der Waals surface area contributed by atoms with Crippen molar-refractivity contribution in [2.24, 2.45) is 0 Å². The summed E-state index contributed by atoms with van der Waals surface area (Å²) in [5.74, 6) is 2.16. The van der Waals surface area contributed by atoms with Crippen LogP contribution in [-0.2, 0) is 0 Å². The SMILES string of the molecule is CCCCSC1=C(SCCCC)SC(=c2c3ccccc3c(=C3Sc4c[nH]c(C=C5c6cc([N+](=O)[O-])cc([N+](=O)[O-])c6-c6c5cc([N+](=O)[O-])cc6[N+](=O)[O-])c4S3)c3ccccc23)S1. The van der Waals surface area contributed by atoms with Gasteiger partial charge in [-0.2, -0.15) is 0 Å². The summed E-state index contributed by atoms with van der Waals surface area (Å²) in [7, 11) is 0. The summed E-state index contributed by atoms with van der Waals surface area (Å²) in [5, 5.41) is 55.7. The van der Waals surface area contributed by atoms with Crippen LogP contribution in [0.2, 0.25) is 0 Å². The minimum atomic E-state index is -0.834. The molecule has 1 N–H and O–H groups in total. The molecular formula is C44H33N5O8S6. The maximum Gasteiger partial charge on any atom is 0.284 e. The molecular weight excluding hydrogens is 919 g/mol. The fourth-order valence-electron chi connectivity index (χ4n) is 7.87. The molecule has 318 valence electrons. The van der Waals surface area contributed by atoms with E-state index in [1.165, 1.54) is 29.7 Å². The fraction of sp³-hybridized carbons (Fsp3) is 0.182. The molecule has 13 nitrogen and oxygen atoms in total. The highest BCUT2D eigenvalue weighted by molar-refractivity contribution is 8.45. The van der Waals surface area contributed by atoms with Gasteiger partial charge in [0.25, 0.3) is 22.7 Å². The van der Waals surface area contributed by atoms with Crippen LogP contribution in [0.3, 0.4) is 0 Å². The number of hydrogen-bond donors (Lipinski definition) is 1. The molecule has 1 aliphatic carbocycles. The largest absolute Gasteiger partial charge is 0.360 e. The number of nitro groups is 4. The number of nitrogens with zero attached hydrogens (tertiary/aromatic N) is 4. The van der Waals surface area contributed by atoms with E-state index in [0.29, 0.717) is 5.69 Å². The molecule has 2 aliphatic heterocycles. The molecule has 0 radical (unpaired) electrons. The molecule has 3 heterocycles. The van der Waals surface area contributed by atoms with Gasteiger partial charge in [0.15, 0.2) is 0 Å². The Labute approximate surface area is 384 Å². The minimum absolute atomic E-state index is 0.0150. The molecule has 0 saturated heterocycles. The lowest BCUT2D eigenvalue weighted by atomic mass is 9.99. The number of H-pyrrole nitrogens is 1. The highest BCUT2D eigenvalue weighted by atomic mass is 32.3. The summed E-state index contributed by atoms with van der Waals surface area (Å²) in [6.07, 6.45) is 8.06. The summed E-state index contributed by atoms with van der Waals surface area (Å²) in [5.41, 5.74) is -2.43. The maximum atomic E-state index is 12.4. The van der Waals surface area contributed by atoms with Gasteiger partial charge in [0.1, 0.15) is 0 Å². The van der Waals surface area contributed by atoms with E-state index < -0.39 is 42.4 Å². The molecule has 0 unspecified atom stereocenters. The number of benzene rings is 5. The van der Waals surface area contributed by atoms with Crippen LogP contribution < -0.4 is 10.4 Å². The number of aromatic nitrogens is 1. The van der Waals surface area contributed by atoms with Crippen LogP contribution in [0.25, 0.3) is 52.8 Å². The Bertz CT molecular complexity index is 3030. The van der Waals surface area contributed by atoms with Crippen molar-refractivity contribution < 1.29 is 19.7 Å². The molecule has 0 atom stereocenters. The Kier molecular flexibility index (Phi) is 12.2. The van der Waals surface area contributed by atoms with Crippen LogP contribution in [0.4, 0.5) is 22.7 Å². The Balaban J connectivity index is 1.22. The van der Waals surface area contributed by atoms with Crippen molar-refractivity contribution in [1.29, 1.82) is 0 Å². The average Bonchev–Trinajstić information content (AvgIpc) is 4.04. The quantitative estimate of drug-likeness (QED) is 0.0497. The molecule has 3 aliphatic rings. The van der Waals surface area contributed by atoms with Crippen LogP contribution in [0.5, 0.6) is 0 Å². The fourth-order valence-corrected chi connectivity index (χ4v) is 16.8. The monoisotopic (exact) mass is 951 g/mol. The third-order valence-corrected chi connectivity index (χ3v) is 19.0. The molecule has 1 aromatic heterocycles. The molecule has 0 saturated carbocycles. The van der Waals surface area contributed by atoms with Gasteiger partial charge in [0.2, 0.25) is 0 Å². The first-order valence-electron chi connectivity index (χ1n) is 19.8. The first kappa shape index (κ1) is 43.1. The molecule has 6 aromatic rings. The highest BCUT2D eigenvalue weighted by Gasteiger charge is 2.41. The van der Waals surface area contributed by atoms with Crippen LogP contribution in [-0.4, -0.2) is 36.2 Å². The number of fused-ring (bicyclic) bond motifs is 6. The van der Waals surface area contributed by atoms with E-state index in [9.17, 15) is 40.5 Å². The topological polar surface area (TPSA) is 188 Å². The van der Waals surface area contributed by atoms with Crippen LogP contribution in [0.15, 0.2) is 97.3 Å². The third kappa shape index (κ3) is 7.81. The van der Waals surface area contributed by atoms with Crippen LogP contribution >= 0.6 is 70.6 Å². The smallest absolute Gasteiger partial charge is 0.284 e. The zero-order valence-corrected chi connectivity index (χ0v) is 38.2. The average molecular weight is 952 g/mol. The minimum Gasteiger partial charge on any atom is -0.360 e. The number of unbranched alkanes of at least 4 members (excludes halogenated alkanes) is 2. The summed E-state index contributed by atoms with van der Waals surface area (Å²) in [6, 6.07) is 20.7. The maximum absolute atomic E-state index is 12.4. The van der Waals surface area contributed by atoms with Crippen LogP contribution in [0, 0.1) is 40.5 Å². The zero-order chi connectivity index (χ0) is 44.1. The molecule has 0 bridgehead atoms. The van der Waals surface area contributed by atoms with Gasteiger partial charge in [-0.25, -0.2) is 0 Å². The van der Waals surface area contributed by atoms with Gasteiger partial charge in [-0.1, -0.05) is 122 Å². The summed E-state index contributed by atoms with van der Waals surface area (Å²) >= 11 is 10.8. The van der Waals surface area contributed by atoms with Gasteiger partial charge >= 0.3 is 0 Å². The van der Waals surface area contributed by atoms with Crippen molar-refractivity contribution in [1.82, 2.24) is 4.98 Å². The van der Waals surface area contributed by atoms with Gasteiger partial charge < -0.3 is 4.98 Å². The van der Waals surface area contributed by atoms with Crippen LogP contribution in [0.1, 0.15) is 56.4 Å².